The van der Waals surface area contributed by atoms with Gasteiger partial charge in [0.25, 0.3) is 0 Å². The molecule has 2 N–H and O–H groups in total. The lowest BCUT2D eigenvalue weighted by atomic mass is 10.1. The van der Waals surface area contributed by atoms with Crippen molar-refractivity contribution in [2.45, 2.75) is 39.2 Å². The molecule has 1 aliphatic rings. The summed E-state index contributed by atoms with van der Waals surface area (Å²) in [6, 6.07) is 6.01. The highest BCUT2D eigenvalue weighted by molar-refractivity contribution is 5.79. The van der Waals surface area contributed by atoms with Gasteiger partial charge in [0.1, 0.15) is 5.75 Å². The zero-order chi connectivity index (χ0) is 15.2. The summed E-state index contributed by atoms with van der Waals surface area (Å²) in [5.41, 5.74) is 2.15. The van der Waals surface area contributed by atoms with Crippen LogP contribution in [0, 0.1) is 13.8 Å². The number of hydrogen-bond acceptors (Lipinski definition) is 3. The lowest BCUT2D eigenvalue weighted by Crippen LogP contribution is -2.47. The van der Waals surface area contributed by atoms with Gasteiger partial charge in [-0.15, -0.1) is 0 Å². The topological polar surface area (TPSA) is 67.4 Å². The van der Waals surface area contributed by atoms with Crippen LogP contribution < -0.4 is 15.4 Å². The van der Waals surface area contributed by atoms with Crippen molar-refractivity contribution in [2.75, 3.05) is 13.2 Å². The smallest absolute Gasteiger partial charge is 0.223 e. The van der Waals surface area contributed by atoms with Crippen molar-refractivity contribution in [3.63, 3.8) is 0 Å². The predicted molar refractivity (Wildman–Crippen MR) is 80.2 cm³/mol. The first kappa shape index (κ1) is 15.4. The Morgan fingerprint density at radius 1 is 1.38 bits per heavy atom. The Morgan fingerprint density at radius 2 is 2.10 bits per heavy atom. The highest BCUT2D eigenvalue weighted by Gasteiger charge is 2.19. The van der Waals surface area contributed by atoms with Crippen LogP contribution in [0.5, 0.6) is 5.75 Å². The second kappa shape index (κ2) is 7.11. The van der Waals surface area contributed by atoms with Gasteiger partial charge in [0.15, 0.2) is 0 Å². The molecule has 0 bridgehead atoms. The van der Waals surface area contributed by atoms with Gasteiger partial charge in [-0.05, 0) is 31.4 Å². The Kier molecular flexibility index (Phi) is 5.20. The van der Waals surface area contributed by atoms with Crippen molar-refractivity contribution in [3.8, 4) is 5.75 Å². The van der Waals surface area contributed by atoms with E-state index in [0.717, 1.165) is 16.9 Å². The molecule has 1 heterocycles. The van der Waals surface area contributed by atoms with E-state index >= 15 is 0 Å². The molecule has 0 aromatic heterocycles. The van der Waals surface area contributed by atoms with E-state index in [9.17, 15) is 9.59 Å². The number of piperidine rings is 1. The fourth-order valence-corrected chi connectivity index (χ4v) is 2.43. The summed E-state index contributed by atoms with van der Waals surface area (Å²) >= 11 is 0. The number of aryl methyl sites for hydroxylation is 2. The van der Waals surface area contributed by atoms with Gasteiger partial charge in [0.2, 0.25) is 11.8 Å². The molecule has 114 valence electrons. The molecule has 2 amide bonds. The third kappa shape index (κ3) is 4.48. The molecular weight excluding hydrogens is 268 g/mol. The molecule has 21 heavy (non-hydrogen) atoms. The van der Waals surface area contributed by atoms with Gasteiger partial charge in [-0.25, -0.2) is 0 Å². The second-order valence-electron chi connectivity index (χ2n) is 5.43. The van der Waals surface area contributed by atoms with Crippen molar-refractivity contribution in [2.24, 2.45) is 0 Å². The van der Waals surface area contributed by atoms with Crippen LogP contribution in [0.15, 0.2) is 18.2 Å². The van der Waals surface area contributed by atoms with Gasteiger partial charge in [0, 0.05) is 19.0 Å². The van der Waals surface area contributed by atoms with Gasteiger partial charge >= 0.3 is 0 Å². The zero-order valence-electron chi connectivity index (χ0n) is 12.6. The first-order chi connectivity index (χ1) is 10.1. The molecule has 1 atom stereocenters. The Balaban J connectivity index is 1.73. The van der Waals surface area contributed by atoms with Crippen molar-refractivity contribution in [1.29, 1.82) is 0 Å². The molecule has 5 heteroatoms. The van der Waals surface area contributed by atoms with E-state index in [1.807, 2.05) is 32.0 Å². The van der Waals surface area contributed by atoms with E-state index in [4.69, 9.17) is 4.74 Å². The highest BCUT2D eigenvalue weighted by atomic mass is 16.5. The number of carbonyl (C=O) groups excluding carboxylic acids is 2. The van der Waals surface area contributed by atoms with Gasteiger partial charge < -0.3 is 15.4 Å². The van der Waals surface area contributed by atoms with E-state index in [0.29, 0.717) is 32.4 Å². The average Bonchev–Trinajstić information content (AvgIpc) is 2.45. The van der Waals surface area contributed by atoms with Crippen molar-refractivity contribution in [1.82, 2.24) is 10.6 Å². The molecule has 1 saturated heterocycles. The summed E-state index contributed by atoms with van der Waals surface area (Å²) in [4.78, 5) is 22.9. The lowest BCUT2D eigenvalue weighted by molar-refractivity contribution is -0.125. The van der Waals surface area contributed by atoms with Crippen molar-refractivity contribution < 1.29 is 14.3 Å². The Morgan fingerprint density at radius 3 is 2.71 bits per heavy atom. The molecule has 0 radical (unpaired) electrons. The van der Waals surface area contributed by atoms with Crippen LogP contribution >= 0.6 is 0 Å². The molecule has 2 rings (SSSR count). The van der Waals surface area contributed by atoms with E-state index in [-0.39, 0.29) is 17.9 Å². The summed E-state index contributed by atoms with van der Waals surface area (Å²) in [5, 5.41) is 5.67. The third-order valence-corrected chi connectivity index (χ3v) is 3.61. The number of amides is 2. The van der Waals surface area contributed by atoms with Gasteiger partial charge in [-0.3, -0.25) is 9.59 Å². The van der Waals surface area contributed by atoms with E-state index in [1.165, 1.54) is 0 Å². The third-order valence-electron chi connectivity index (χ3n) is 3.61. The Bertz CT molecular complexity index is 498. The van der Waals surface area contributed by atoms with Crippen LogP contribution in [0.25, 0.3) is 0 Å². The fourth-order valence-electron chi connectivity index (χ4n) is 2.43. The Hall–Kier alpha value is -2.04. The van der Waals surface area contributed by atoms with Crippen LogP contribution in [0.4, 0.5) is 0 Å². The molecule has 1 aliphatic heterocycles. The predicted octanol–water partition coefficient (Wildman–Crippen LogP) is 1.47. The first-order valence-corrected chi connectivity index (χ1v) is 7.31. The van der Waals surface area contributed by atoms with Gasteiger partial charge in [-0.2, -0.15) is 0 Å². The van der Waals surface area contributed by atoms with E-state index in [1.54, 1.807) is 0 Å². The van der Waals surface area contributed by atoms with Crippen LogP contribution in [0.2, 0.25) is 0 Å². The quantitative estimate of drug-likeness (QED) is 0.863. The molecule has 0 aliphatic carbocycles. The molecule has 0 spiro atoms. The molecule has 5 nitrogen and oxygen atoms in total. The number of nitrogens with one attached hydrogen (secondary N) is 2. The molecule has 1 aromatic rings. The monoisotopic (exact) mass is 290 g/mol. The van der Waals surface area contributed by atoms with Crippen LogP contribution in [-0.4, -0.2) is 31.0 Å². The van der Waals surface area contributed by atoms with E-state index < -0.39 is 0 Å². The number of rotatable bonds is 5. The molecule has 0 saturated carbocycles. The molecular formula is C16H22N2O3. The maximum Gasteiger partial charge on any atom is 0.223 e. The van der Waals surface area contributed by atoms with E-state index in [2.05, 4.69) is 10.6 Å². The fraction of sp³-hybridized carbons (Fsp3) is 0.500. The Labute approximate surface area is 125 Å². The molecule has 1 fully saturated rings. The first-order valence-electron chi connectivity index (χ1n) is 7.31. The van der Waals surface area contributed by atoms with Crippen LogP contribution in [0.1, 0.15) is 30.4 Å². The summed E-state index contributed by atoms with van der Waals surface area (Å²) in [5.74, 6) is 0.872. The summed E-state index contributed by atoms with van der Waals surface area (Å²) < 4.78 is 5.71. The van der Waals surface area contributed by atoms with Gasteiger partial charge in [-0.1, -0.05) is 18.2 Å². The number of para-hydroxylation sites is 1. The van der Waals surface area contributed by atoms with Crippen LogP contribution in [-0.2, 0) is 9.59 Å². The van der Waals surface area contributed by atoms with Crippen LogP contribution in [0.3, 0.4) is 0 Å². The number of hydrogen-bond donors (Lipinski definition) is 2. The number of ether oxygens (including phenoxy) is 1. The largest absolute Gasteiger partial charge is 0.493 e. The number of benzene rings is 1. The second-order valence-corrected chi connectivity index (χ2v) is 5.43. The normalized spacial score (nSPS) is 18.0. The average molecular weight is 290 g/mol. The minimum absolute atomic E-state index is 0.0374. The summed E-state index contributed by atoms with van der Waals surface area (Å²) in [6.45, 7) is 4.86. The summed E-state index contributed by atoms with van der Waals surface area (Å²) in [6.07, 6.45) is 1.50. The summed E-state index contributed by atoms with van der Waals surface area (Å²) in [7, 11) is 0. The lowest BCUT2D eigenvalue weighted by Gasteiger charge is -2.23. The minimum Gasteiger partial charge on any atom is -0.493 e. The molecule has 1 unspecified atom stereocenters. The zero-order valence-corrected chi connectivity index (χ0v) is 12.6. The molecule has 1 aromatic carbocycles. The maximum absolute atomic E-state index is 11.8. The maximum atomic E-state index is 11.8. The number of carbonyl (C=O) groups is 2. The van der Waals surface area contributed by atoms with Crippen molar-refractivity contribution in [3.05, 3.63) is 29.3 Å². The van der Waals surface area contributed by atoms with Crippen molar-refractivity contribution >= 4 is 11.8 Å². The standard InChI is InChI=1S/C16H22N2O3/c1-11-4-3-5-12(2)16(11)21-9-8-15(20)18-13-6-7-14(19)17-10-13/h3-5,13H,6-10H2,1-2H3,(H,17,19)(H,18,20). The SMILES string of the molecule is Cc1cccc(C)c1OCCC(=O)NC1CCC(=O)NC1. The highest BCUT2D eigenvalue weighted by Crippen LogP contribution is 2.22. The van der Waals surface area contributed by atoms with Gasteiger partial charge in [0.05, 0.1) is 13.0 Å². The minimum atomic E-state index is -0.0395.